The number of aromatic nitrogens is 1. The van der Waals surface area contributed by atoms with Crippen molar-refractivity contribution in [1.29, 1.82) is 0 Å². The van der Waals surface area contributed by atoms with Crippen molar-refractivity contribution in [3.63, 3.8) is 0 Å². The van der Waals surface area contributed by atoms with Gasteiger partial charge >= 0.3 is 0 Å². The average molecular weight is 183 g/mol. The molecule has 1 nitrogen and oxygen atoms in total. The molecule has 0 unspecified atom stereocenters. The minimum Gasteiger partial charge on any atom is -0.223 e. The Hall–Kier alpha value is -1.20. The van der Waals surface area contributed by atoms with Crippen LogP contribution in [0.3, 0.4) is 0 Å². The standard InChI is InChI=1S/C6H2F5N/c7-2-1-12-6(11)4(8)3(2)5(9)10/h1,5H. The van der Waals surface area contributed by atoms with Gasteiger partial charge in [-0.05, 0) is 0 Å². The van der Waals surface area contributed by atoms with E-state index in [0.717, 1.165) is 0 Å². The Labute approximate surface area is 63.8 Å². The lowest BCUT2D eigenvalue weighted by molar-refractivity contribution is 0.139. The lowest BCUT2D eigenvalue weighted by Crippen LogP contribution is -2.01. The van der Waals surface area contributed by atoms with Crippen LogP contribution in [0.5, 0.6) is 0 Å². The van der Waals surface area contributed by atoms with Crippen LogP contribution in [-0.2, 0) is 0 Å². The van der Waals surface area contributed by atoms with Crippen LogP contribution in [-0.4, -0.2) is 4.98 Å². The molecule has 0 bridgehead atoms. The van der Waals surface area contributed by atoms with E-state index < -0.39 is 29.6 Å². The van der Waals surface area contributed by atoms with Crippen LogP contribution < -0.4 is 0 Å². The van der Waals surface area contributed by atoms with Crippen molar-refractivity contribution in [1.82, 2.24) is 4.98 Å². The zero-order valence-electron chi connectivity index (χ0n) is 5.49. The van der Waals surface area contributed by atoms with Crippen molar-refractivity contribution in [3.8, 4) is 0 Å². The molecule has 0 aromatic carbocycles. The molecule has 1 rings (SSSR count). The van der Waals surface area contributed by atoms with E-state index in [0.29, 0.717) is 0 Å². The van der Waals surface area contributed by atoms with Gasteiger partial charge in [-0.3, -0.25) is 0 Å². The maximum atomic E-state index is 12.4. The summed E-state index contributed by atoms with van der Waals surface area (Å²) in [5, 5.41) is 0. The molecule has 0 aliphatic carbocycles. The van der Waals surface area contributed by atoms with E-state index in [2.05, 4.69) is 4.98 Å². The van der Waals surface area contributed by atoms with Crippen LogP contribution >= 0.6 is 0 Å². The minimum atomic E-state index is -3.39. The van der Waals surface area contributed by atoms with Crippen LogP contribution in [0, 0.1) is 17.6 Å². The highest BCUT2D eigenvalue weighted by atomic mass is 19.3. The Morgan fingerprint density at radius 2 is 1.75 bits per heavy atom. The Bertz CT molecular complexity index is 298. The van der Waals surface area contributed by atoms with E-state index in [9.17, 15) is 22.0 Å². The largest absolute Gasteiger partial charge is 0.269 e. The van der Waals surface area contributed by atoms with E-state index in [-0.39, 0.29) is 6.20 Å². The van der Waals surface area contributed by atoms with Crippen molar-refractivity contribution in [3.05, 3.63) is 29.3 Å². The SMILES string of the molecule is Fc1cnc(F)c(F)c1C(F)F. The molecule has 0 N–H and O–H groups in total. The van der Waals surface area contributed by atoms with E-state index in [1.54, 1.807) is 0 Å². The van der Waals surface area contributed by atoms with Gasteiger partial charge in [0.15, 0.2) is 11.6 Å². The molecule has 0 fully saturated rings. The summed E-state index contributed by atoms with van der Waals surface area (Å²) in [7, 11) is 0. The van der Waals surface area contributed by atoms with Crippen LogP contribution in [0.4, 0.5) is 22.0 Å². The van der Waals surface area contributed by atoms with E-state index in [1.807, 2.05) is 0 Å². The minimum absolute atomic E-state index is 0.208. The topological polar surface area (TPSA) is 12.9 Å². The molecule has 0 saturated carbocycles. The molecule has 0 aliphatic rings. The quantitative estimate of drug-likeness (QED) is 0.481. The monoisotopic (exact) mass is 183 g/mol. The van der Waals surface area contributed by atoms with Gasteiger partial charge in [0.05, 0.1) is 11.8 Å². The molecule has 1 aromatic rings. The molecule has 1 aromatic heterocycles. The predicted molar refractivity (Wildman–Crippen MR) is 29.1 cm³/mol. The van der Waals surface area contributed by atoms with E-state index >= 15 is 0 Å². The summed E-state index contributed by atoms with van der Waals surface area (Å²) in [6, 6.07) is 0. The van der Waals surface area contributed by atoms with Crippen molar-refractivity contribution in [2.45, 2.75) is 6.43 Å². The number of rotatable bonds is 1. The first kappa shape index (κ1) is 8.89. The number of pyridine rings is 1. The molecule has 12 heavy (non-hydrogen) atoms. The first-order valence-electron chi connectivity index (χ1n) is 2.81. The first-order valence-corrected chi connectivity index (χ1v) is 2.81. The summed E-state index contributed by atoms with van der Waals surface area (Å²) in [4.78, 5) is 2.57. The lowest BCUT2D eigenvalue weighted by atomic mass is 10.2. The molecule has 0 aliphatic heterocycles. The average Bonchev–Trinajstić information content (AvgIpc) is 1.97. The van der Waals surface area contributed by atoms with Crippen molar-refractivity contribution < 1.29 is 22.0 Å². The molecule has 0 radical (unpaired) electrons. The maximum absolute atomic E-state index is 12.4. The summed E-state index contributed by atoms with van der Waals surface area (Å²) in [5.74, 6) is -5.22. The molecule has 66 valence electrons. The van der Waals surface area contributed by atoms with Gasteiger partial charge in [0, 0.05) is 0 Å². The van der Waals surface area contributed by atoms with E-state index in [1.165, 1.54) is 0 Å². The van der Waals surface area contributed by atoms with Gasteiger partial charge in [-0.2, -0.15) is 4.39 Å². The number of halogens is 5. The van der Waals surface area contributed by atoms with Gasteiger partial charge in [-0.25, -0.2) is 22.5 Å². The first-order chi connectivity index (χ1) is 5.54. The smallest absolute Gasteiger partial charge is 0.223 e. The fraction of sp³-hybridized carbons (Fsp3) is 0.167. The second-order valence-electron chi connectivity index (χ2n) is 1.93. The zero-order chi connectivity index (χ0) is 9.30. The Kier molecular flexibility index (Phi) is 2.25. The second kappa shape index (κ2) is 3.04. The number of hydrogen-bond acceptors (Lipinski definition) is 1. The van der Waals surface area contributed by atoms with Gasteiger partial charge < -0.3 is 0 Å². The summed E-state index contributed by atoms with van der Waals surface area (Å²) in [6.45, 7) is 0. The van der Waals surface area contributed by atoms with Crippen LogP contribution in [0.2, 0.25) is 0 Å². The van der Waals surface area contributed by atoms with Gasteiger partial charge in [0.25, 0.3) is 6.43 Å². The Morgan fingerprint density at radius 3 is 2.17 bits per heavy atom. The third-order valence-corrected chi connectivity index (χ3v) is 1.18. The molecule has 0 atom stereocenters. The van der Waals surface area contributed by atoms with Crippen molar-refractivity contribution in [2.24, 2.45) is 0 Å². The van der Waals surface area contributed by atoms with Crippen LogP contribution in [0.25, 0.3) is 0 Å². The number of alkyl halides is 2. The van der Waals surface area contributed by atoms with E-state index in [4.69, 9.17) is 0 Å². The third-order valence-electron chi connectivity index (χ3n) is 1.18. The third kappa shape index (κ3) is 1.37. The van der Waals surface area contributed by atoms with Gasteiger partial charge in [0.1, 0.15) is 0 Å². The van der Waals surface area contributed by atoms with Gasteiger partial charge in [0.2, 0.25) is 5.95 Å². The molecular formula is C6H2F5N. The molecule has 1 heterocycles. The predicted octanol–water partition coefficient (Wildman–Crippen LogP) is 2.44. The maximum Gasteiger partial charge on any atom is 0.269 e. The van der Waals surface area contributed by atoms with Crippen molar-refractivity contribution >= 4 is 0 Å². The number of hydrogen-bond donors (Lipinski definition) is 0. The van der Waals surface area contributed by atoms with Crippen LogP contribution in [0.15, 0.2) is 6.20 Å². The fourth-order valence-corrected chi connectivity index (χ4v) is 0.656. The Morgan fingerprint density at radius 1 is 1.17 bits per heavy atom. The fourth-order valence-electron chi connectivity index (χ4n) is 0.656. The highest BCUT2D eigenvalue weighted by molar-refractivity contribution is 5.17. The summed E-state index contributed by atoms with van der Waals surface area (Å²) < 4.78 is 60.4. The second-order valence-corrected chi connectivity index (χ2v) is 1.93. The number of nitrogens with zero attached hydrogens (tertiary/aromatic N) is 1. The summed E-state index contributed by atoms with van der Waals surface area (Å²) >= 11 is 0. The normalized spacial score (nSPS) is 10.8. The van der Waals surface area contributed by atoms with Gasteiger partial charge in [-0.15, -0.1) is 0 Å². The van der Waals surface area contributed by atoms with Crippen LogP contribution in [0.1, 0.15) is 12.0 Å². The van der Waals surface area contributed by atoms with Gasteiger partial charge in [-0.1, -0.05) is 0 Å². The van der Waals surface area contributed by atoms with Crippen molar-refractivity contribution in [2.75, 3.05) is 0 Å². The highest BCUT2D eigenvalue weighted by Gasteiger charge is 2.22. The zero-order valence-corrected chi connectivity index (χ0v) is 5.49. The molecular weight excluding hydrogens is 181 g/mol. The molecule has 6 heteroatoms. The highest BCUT2D eigenvalue weighted by Crippen LogP contribution is 2.24. The Balaban J connectivity index is 3.33. The molecule has 0 saturated heterocycles. The summed E-state index contributed by atoms with van der Waals surface area (Å²) in [5.41, 5.74) is -1.58. The lowest BCUT2D eigenvalue weighted by Gasteiger charge is -2.02. The molecule has 0 amide bonds. The summed E-state index contributed by atoms with van der Waals surface area (Å²) in [6.07, 6.45) is -3.18. The molecule has 0 spiro atoms.